The second-order valence-electron chi connectivity index (χ2n) is 5.72. The van der Waals surface area contributed by atoms with Crippen molar-refractivity contribution in [2.75, 3.05) is 12.3 Å². The monoisotopic (exact) mass is 296 g/mol. The number of hydrogen-bond acceptors (Lipinski definition) is 3. The van der Waals surface area contributed by atoms with Crippen LogP contribution in [0.15, 0.2) is 23.1 Å². The van der Waals surface area contributed by atoms with Crippen LogP contribution in [0.1, 0.15) is 44.1 Å². The van der Waals surface area contributed by atoms with E-state index in [0.29, 0.717) is 22.7 Å². The normalized spacial score (nSPS) is 16.6. The van der Waals surface area contributed by atoms with E-state index in [1.54, 1.807) is 25.1 Å². The highest BCUT2D eigenvalue weighted by Crippen LogP contribution is 2.28. The van der Waals surface area contributed by atoms with Gasteiger partial charge < -0.3 is 5.73 Å². The van der Waals surface area contributed by atoms with Crippen LogP contribution in [0.3, 0.4) is 0 Å². The van der Waals surface area contributed by atoms with Crippen LogP contribution in [0.5, 0.6) is 0 Å². The molecule has 0 saturated heterocycles. The Balaban J connectivity index is 1.87. The molecular weight excluding hydrogens is 272 g/mol. The van der Waals surface area contributed by atoms with Crippen molar-refractivity contribution >= 4 is 15.7 Å². The molecule has 1 saturated carbocycles. The minimum Gasteiger partial charge on any atom is -0.399 e. The maximum Gasteiger partial charge on any atom is 0.240 e. The molecule has 3 N–H and O–H groups in total. The topological polar surface area (TPSA) is 72.2 Å². The molecule has 0 aliphatic heterocycles. The zero-order valence-corrected chi connectivity index (χ0v) is 12.9. The number of benzene rings is 1. The van der Waals surface area contributed by atoms with E-state index in [1.165, 1.54) is 25.7 Å². The summed E-state index contributed by atoms with van der Waals surface area (Å²) in [6.45, 7) is 2.28. The lowest BCUT2D eigenvalue weighted by Crippen LogP contribution is -2.25. The molecular formula is C15H24N2O2S. The molecule has 0 aromatic heterocycles. The van der Waals surface area contributed by atoms with Crippen LogP contribution in [0, 0.1) is 12.8 Å². The first kappa shape index (κ1) is 15.3. The Labute approximate surface area is 121 Å². The second kappa shape index (κ2) is 6.59. The molecule has 0 amide bonds. The van der Waals surface area contributed by atoms with Crippen LogP contribution in [-0.4, -0.2) is 15.0 Å². The van der Waals surface area contributed by atoms with Gasteiger partial charge in [-0.05, 0) is 49.4 Å². The van der Waals surface area contributed by atoms with Crippen LogP contribution in [0.25, 0.3) is 0 Å². The Bertz CT molecular complexity index is 549. The van der Waals surface area contributed by atoms with Crippen molar-refractivity contribution in [3.8, 4) is 0 Å². The standard InChI is InChI=1S/C15H24N2O2S/c1-12-11-14(16)8-9-15(12)20(18,19)17-10-4-7-13-5-2-3-6-13/h8-9,11,13,17H,2-7,10,16H2,1H3. The number of anilines is 1. The zero-order chi connectivity index (χ0) is 14.6. The molecule has 5 heteroatoms. The molecule has 1 aliphatic carbocycles. The van der Waals surface area contributed by atoms with Crippen LogP contribution in [0.2, 0.25) is 0 Å². The van der Waals surface area contributed by atoms with Crippen LogP contribution in [0.4, 0.5) is 5.69 Å². The van der Waals surface area contributed by atoms with Crippen LogP contribution >= 0.6 is 0 Å². The lowest BCUT2D eigenvalue weighted by Gasteiger charge is -2.11. The summed E-state index contributed by atoms with van der Waals surface area (Å²) in [5.41, 5.74) is 6.92. The molecule has 4 nitrogen and oxygen atoms in total. The smallest absolute Gasteiger partial charge is 0.240 e. The Morgan fingerprint density at radius 3 is 2.65 bits per heavy atom. The van der Waals surface area contributed by atoms with Crippen molar-refractivity contribution in [2.45, 2.75) is 50.3 Å². The average Bonchev–Trinajstić information content (AvgIpc) is 2.87. The molecule has 0 unspecified atom stereocenters. The first-order chi connectivity index (χ1) is 9.49. The largest absolute Gasteiger partial charge is 0.399 e. The van der Waals surface area contributed by atoms with Crippen molar-refractivity contribution in [3.63, 3.8) is 0 Å². The van der Waals surface area contributed by atoms with Gasteiger partial charge in [-0.1, -0.05) is 25.7 Å². The van der Waals surface area contributed by atoms with E-state index in [0.717, 1.165) is 18.8 Å². The molecule has 1 aliphatic rings. The predicted octanol–water partition coefficient (Wildman–Crippen LogP) is 2.83. The number of nitrogen functional groups attached to an aromatic ring is 1. The Hall–Kier alpha value is -1.07. The Kier molecular flexibility index (Phi) is 5.05. The Morgan fingerprint density at radius 2 is 2.00 bits per heavy atom. The third-order valence-corrected chi connectivity index (χ3v) is 5.67. The summed E-state index contributed by atoms with van der Waals surface area (Å²) >= 11 is 0. The molecule has 0 bridgehead atoms. The van der Waals surface area contributed by atoms with Crippen molar-refractivity contribution in [3.05, 3.63) is 23.8 Å². The van der Waals surface area contributed by atoms with Gasteiger partial charge in [0.05, 0.1) is 4.90 Å². The highest BCUT2D eigenvalue weighted by molar-refractivity contribution is 7.89. The molecule has 112 valence electrons. The Morgan fingerprint density at radius 1 is 1.30 bits per heavy atom. The summed E-state index contributed by atoms with van der Waals surface area (Å²) < 4.78 is 27.1. The SMILES string of the molecule is Cc1cc(N)ccc1S(=O)(=O)NCCCC1CCCC1. The third kappa shape index (κ3) is 3.96. The van der Waals surface area contributed by atoms with Gasteiger partial charge in [0.1, 0.15) is 0 Å². The molecule has 0 heterocycles. The number of aryl methyl sites for hydroxylation is 1. The molecule has 2 rings (SSSR count). The van der Waals surface area contributed by atoms with Crippen molar-refractivity contribution in [1.29, 1.82) is 0 Å². The second-order valence-corrected chi connectivity index (χ2v) is 7.45. The van der Waals surface area contributed by atoms with E-state index in [2.05, 4.69) is 4.72 Å². The summed E-state index contributed by atoms with van der Waals surface area (Å²) in [7, 11) is -3.41. The fourth-order valence-electron chi connectivity index (χ4n) is 2.95. The van der Waals surface area contributed by atoms with Gasteiger partial charge in [0.15, 0.2) is 0 Å². The van der Waals surface area contributed by atoms with E-state index in [-0.39, 0.29) is 0 Å². The molecule has 0 atom stereocenters. The van der Waals surface area contributed by atoms with Gasteiger partial charge in [-0.2, -0.15) is 0 Å². The average molecular weight is 296 g/mol. The van der Waals surface area contributed by atoms with E-state index < -0.39 is 10.0 Å². The lowest BCUT2D eigenvalue weighted by atomic mass is 10.0. The van der Waals surface area contributed by atoms with Gasteiger partial charge >= 0.3 is 0 Å². The molecule has 0 radical (unpaired) electrons. The highest BCUT2D eigenvalue weighted by Gasteiger charge is 2.17. The number of nitrogens with two attached hydrogens (primary N) is 1. The first-order valence-corrected chi connectivity index (χ1v) is 8.83. The third-order valence-electron chi connectivity index (χ3n) is 4.04. The highest BCUT2D eigenvalue weighted by atomic mass is 32.2. The maximum absolute atomic E-state index is 12.2. The van der Waals surface area contributed by atoms with Crippen molar-refractivity contribution < 1.29 is 8.42 Å². The van der Waals surface area contributed by atoms with Gasteiger partial charge in [0.25, 0.3) is 0 Å². The summed E-state index contributed by atoms with van der Waals surface area (Å²) in [5, 5.41) is 0. The summed E-state index contributed by atoms with van der Waals surface area (Å²) in [5.74, 6) is 0.803. The quantitative estimate of drug-likeness (QED) is 0.626. The van der Waals surface area contributed by atoms with E-state index in [9.17, 15) is 8.42 Å². The molecule has 1 aromatic rings. The van der Waals surface area contributed by atoms with Crippen LogP contribution in [-0.2, 0) is 10.0 Å². The minimum absolute atomic E-state index is 0.326. The summed E-state index contributed by atoms with van der Waals surface area (Å²) in [6.07, 6.45) is 7.33. The first-order valence-electron chi connectivity index (χ1n) is 7.35. The van der Waals surface area contributed by atoms with Crippen molar-refractivity contribution in [1.82, 2.24) is 4.72 Å². The summed E-state index contributed by atoms with van der Waals surface area (Å²) in [6, 6.07) is 4.89. The molecule has 20 heavy (non-hydrogen) atoms. The van der Waals surface area contributed by atoms with Crippen LogP contribution < -0.4 is 10.5 Å². The molecule has 1 aromatic carbocycles. The number of hydrogen-bond donors (Lipinski definition) is 2. The van der Waals surface area contributed by atoms with Gasteiger partial charge in [0.2, 0.25) is 10.0 Å². The van der Waals surface area contributed by atoms with E-state index in [4.69, 9.17) is 5.73 Å². The number of sulfonamides is 1. The lowest BCUT2D eigenvalue weighted by molar-refractivity contribution is 0.480. The maximum atomic E-state index is 12.2. The van der Waals surface area contributed by atoms with Gasteiger partial charge in [-0.15, -0.1) is 0 Å². The van der Waals surface area contributed by atoms with Gasteiger partial charge in [-0.25, -0.2) is 13.1 Å². The number of nitrogens with one attached hydrogen (secondary N) is 1. The van der Waals surface area contributed by atoms with E-state index in [1.807, 2.05) is 0 Å². The van der Waals surface area contributed by atoms with Gasteiger partial charge in [0, 0.05) is 12.2 Å². The molecule has 0 spiro atoms. The van der Waals surface area contributed by atoms with Crippen molar-refractivity contribution in [2.24, 2.45) is 5.92 Å². The van der Waals surface area contributed by atoms with Gasteiger partial charge in [-0.3, -0.25) is 0 Å². The number of rotatable bonds is 6. The summed E-state index contributed by atoms with van der Waals surface area (Å²) in [4.78, 5) is 0.326. The predicted molar refractivity (Wildman–Crippen MR) is 82.0 cm³/mol. The fraction of sp³-hybridized carbons (Fsp3) is 0.600. The molecule has 1 fully saturated rings. The van der Waals surface area contributed by atoms with E-state index >= 15 is 0 Å². The fourth-order valence-corrected chi connectivity index (χ4v) is 4.25. The minimum atomic E-state index is -3.41. The zero-order valence-electron chi connectivity index (χ0n) is 12.1.